The van der Waals surface area contributed by atoms with Crippen molar-refractivity contribution >= 4 is 6.09 Å². The van der Waals surface area contributed by atoms with E-state index in [1.165, 1.54) is 0 Å². The summed E-state index contributed by atoms with van der Waals surface area (Å²) in [6, 6.07) is 19.3. The Bertz CT molecular complexity index is 670. The van der Waals surface area contributed by atoms with Crippen LogP contribution in [0.4, 0.5) is 4.79 Å². The van der Waals surface area contributed by atoms with Gasteiger partial charge in [-0.25, -0.2) is 4.79 Å². The van der Waals surface area contributed by atoms with Crippen LogP contribution in [0.15, 0.2) is 60.7 Å². The summed E-state index contributed by atoms with van der Waals surface area (Å²) < 4.78 is 5.49. The van der Waals surface area contributed by atoms with Gasteiger partial charge in [0.1, 0.15) is 6.61 Å². The smallest absolute Gasteiger partial charge is 0.410 e. The molecule has 0 saturated carbocycles. The first-order chi connectivity index (χ1) is 11.6. The molecule has 2 aromatic rings. The molecule has 1 heterocycles. The SMILES string of the molecule is CC1(O)CCN(C(=O)OCc2ccccc2)C(c2ccccc2)C1. The first-order valence-corrected chi connectivity index (χ1v) is 8.30. The van der Waals surface area contributed by atoms with Gasteiger partial charge in [0, 0.05) is 13.0 Å². The van der Waals surface area contributed by atoms with Crippen LogP contribution in [0.5, 0.6) is 0 Å². The Morgan fingerprint density at radius 3 is 2.46 bits per heavy atom. The zero-order chi connectivity index (χ0) is 17.0. The van der Waals surface area contributed by atoms with Gasteiger partial charge >= 0.3 is 6.09 Å². The van der Waals surface area contributed by atoms with Crippen molar-refractivity contribution in [2.75, 3.05) is 6.54 Å². The predicted octanol–water partition coefficient (Wildman–Crippen LogP) is 3.91. The van der Waals surface area contributed by atoms with Crippen LogP contribution in [0, 0.1) is 0 Å². The molecule has 24 heavy (non-hydrogen) atoms. The number of amides is 1. The number of hydrogen-bond acceptors (Lipinski definition) is 3. The Hall–Kier alpha value is -2.33. The molecule has 0 aromatic heterocycles. The highest BCUT2D eigenvalue weighted by molar-refractivity contribution is 5.68. The molecule has 2 atom stereocenters. The van der Waals surface area contributed by atoms with E-state index in [1.807, 2.05) is 67.6 Å². The number of rotatable bonds is 3. The lowest BCUT2D eigenvalue weighted by Crippen LogP contribution is -2.47. The van der Waals surface area contributed by atoms with Crippen molar-refractivity contribution < 1.29 is 14.6 Å². The maximum absolute atomic E-state index is 12.6. The van der Waals surface area contributed by atoms with Crippen molar-refractivity contribution in [2.45, 2.75) is 38.0 Å². The van der Waals surface area contributed by atoms with Gasteiger partial charge < -0.3 is 14.7 Å². The molecule has 0 aliphatic carbocycles. The fourth-order valence-electron chi connectivity index (χ4n) is 3.14. The summed E-state index contributed by atoms with van der Waals surface area (Å²) in [5.41, 5.74) is 1.22. The Balaban J connectivity index is 1.73. The Morgan fingerprint density at radius 2 is 1.79 bits per heavy atom. The first kappa shape index (κ1) is 16.5. The number of likely N-dealkylation sites (tertiary alicyclic amines) is 1. The van der Waals surface area contributed by atoms with E-state index in [0.29, 0.717) is 19.4 Å². The number of piperidine rings is 1. The number of ether oxygens (including phenoxy) is 1. The van der Waals surface area contributed by atoms with Gasteiger partial charge in [-0.15, -0.1) is 0 Å². The van der Waals surface area contributed by atoms with E-state index in [1.54, 1.807) is 4.90 Å². The van der Waals surface area contributed by atoms with Crippen molar-refractivity contribution in [2.24, 2.45) is 0 Å². The number of aliphatic hydroxyl groups is 1. The van der Waals surface area contributed by atoms with Gasteiger partial charge in [-0.2, -0.15) is 0 Å². The topological polar surface area (TPSA) is 49.8 Å². The molecule has 1 amide bonds. The lowest BCUT2D eigenvalue weighted by Gasteiger charge is -2.42. The third kappa shape index (κ3) is 3.95. The second-order valence-electron chi connectivity index (χ2n) is 6.61. The molecule has 1 aliphatic rings. The summed E-state index contributed by atoms with van der Waals surface area (Å²) in [6.07, 6.45) is 0.733. The molecular weight excluding hydrogens is 302 g/mol. The fraction of sp³-hybridized carbons (Fsp3) is 0.350. The molecule has 0 spiro atoms. The van der Waals surface area contributed by atoms with E-state index in [0.717, 1.165) is 11.1 Å². The van der Waals surface area contributed by atoms with Crippen LogP contribution in [0.25, 0.3) is 0 Å². The van der Waals surface area contributed by atoms with Crippen molar-refractivity contribution in [1.29, 1.82) is 0 Å². The van der Waals surface area contributed by atoms with Crippen LogP contribution in [-0.4, -0.2) is 28.2 Å². The summed E-state index contributed by atoms with van der Waals surface area (Å²) >= 11 is 0. The van der Waals surface area contributed by atoms with Crippen LogP contribution in [-0.2, 0) is 11.3 Å². The van der Waals surface area contributed by atoms with Crippen LogP contribution in [0.3, 0.4) is 0 Å². The summed E-state index contributed by atoms with van der Waals surface area (Å²) in [4.78, 5) is 14.3. The monoisotopic (exact) mass is 325 g/mol. The molecule has 1 aliphatic heterocycles. The van der Waals surface area contributed by atoms with E-state index >= 15 is 0 Å². The Kier molecular flexibility index (Phi) is 4.86. The molecular formula is C20H23NO3. The van der Waals surface area contributed by atoms with Gasteiger partial charge in [-0.3, -0.25) is 0 Å². The van der Waals surface area contributed by atoms with E-state index in [9.17, 15) is 9.90 Å². The third-order valence-corrected chi connectivity index (χ3v) is 4.52. The molecule has 1 N–H and O–H groups in total. The van der Waals surface area contributed by atoms with Gasteiger partial charge in [0.2, 0.25) is 0 Å². The molecule has 3 rings (SSSR count). The maximum atomic E-state index is 12.6. The van der Waals surface area contributed by atoms with Crippen LogP contribution < -0.4 is 0 Å². The molecule has 0 radical (unpaired) electrons. The summed E-state index contributed by atoms with van der Waals surface area (Å²) in [5.74, 6) is 0. The Labute approximate surface area is 142 Å². The van der Waals surface area contributed by atoms with Crippen molar-refractivity contribution in [3.63, 3.8) is 0 Å². The minimum atomic E-state index is -0.767. The molecule has 0 bridgehead atoms. The predicted molar refractivity (Wildman–Crippen MR) is 92.4 cm³/mol. The van der Waals surface area contributed by atoms with Gasteiger partial charge in [0.25, 0.3) is 0 Å². The van der Waals surface area contributed by atoms with Crippen LogP contribution >= 0.6 is 0 Å². The molecule has 2 unspecified atom stereocenters. The van der Waals surface area contributed by atoms with Crippen LogP contribution in [0.1, 0.15) is 36.9 Å². The molecule has 4 heteroatoms. The molecule has 4 nitrogen and oxygen atoms in total. The molecule has 2 aromatic carbocycles. The zero-order valence-corrected chi connectivity index (χ0v) is 13.9. The number of benzene rings is 2. The standard InChI is InChI=1S/C20H23NO3/c1-20(23)12-13-21(18(14-20)17-10-6-3-7-11-17)19(22)24-15-16-8-4-2-5-9-16/h2-11,18,23H,12-15H2,1H3. The third-order valence-electron chi connectivity index (χ3n) is 4.52. The van der Waals surface area contributed by atoms with Gasteiger partial charge in [0.05, 0.1) is 11.6 Å². The van der Waals surface area contributed by atoms with E-state index in [2.05, 4.69) is 0 Å². The minimum Gasteiger partial charge on any atom is -0.445 e. The highest BCUT2D eigenvalue weighted by Crippen LogP contribution is 2.36. The average molecular weight is 325 g/mol. The van der Waals surface area contributed by atoms with Gasteiger partial charge in [-0.1, -0.05) is 60.7 Å². The van der Waals surface area contributed by atoms with E-state index in [4.69, 9.17) is 4.74 Å². The Morgan fingerprint density at radius 1 is 1.17 bits per heavy atom. The maximum Gasteiger partial charge on any atom is 0.410 e. The number of carbonyl (C=O) groups is 1. The molecule has 126 valence electrons. The highest BCUT2D eigenvalue weighted by Gasteiger charge is 2.38. The summed E-state index contributed by atoms with van der Waals surface area (Å²) in [7, 11) is 0. The highest BCUT2D eigenvalue weighted by atomic mass is 16.6. The van der Waals surface area contributed by atoms with Crippen LogP contribution in [0.2, 0.25) is 0 Å². The van der Waals surface area contributed by atoms with Gasteiger partial charge in [-0.05, 0) is 24.5 Å². The van der Waals surface area contributed by atoms with Gasteiger partial charge in [0.15, 0.2) is 0 Å². The number of hydrogen-bond donors (Lipinski definition) is 1. The summed E-state index contributed by atoms with van der Waals surface area (Å²) in [6.45, 7) is 2.57. The zero-order valence-electron chi connectivity index (χ0n) is 13.9. The average Bonchev–Trinajstić information content (AvgIpc) is 2.60. The summed E-state index contributed by atoms with van der Waals surface area (Å²) in [5, 5.41) is 10.4. The quantitative estimate of drug-likeness (QED) is 0.931. The largest absolute Gasteiger partial charge is 0.445 e. The van der Waals surface area contributed by atoms with Crippen molar-refractivity contribution in [3.8, 4) is 0 Å². The molecule has 1 saturated heterocycles. The fourth-order valence-corrected chi connectivity index (χ4v) is 3.14. The second-order valence-corrected chi connectivity index (χ2v) is 6.61. The number of nitrogens with zero attached hydrogens (tertiary/aromatic N) is 1. The van der Waals surface area contributed by atoms with E-state index < -0.39 is 5.60 Å². The first-order valence-electron chi connectivity index (χ1n) is 8.30. The van der Waals surface area contributed by atoms with Crippen molar-refractivity contribution in [3.05, 3.63) is 71.8 Å². The lowest BCUT2D eigenvalue weighted by molar-refractivity contribution is -0.0330. The number of carbonyl (C=O) groups excluding carboxylic acids is 1. The van der Waals surface area contributed by atoms with Crippen molar-refractivity contribution in [1.82, 2.24) is 4.90 Å². The lowest BCUT2D eigenvalue weighted by atomic mass is 9.85. The minimum absolute atomic E-state index is 0.168. The second kappa shape index (κ2) is 7.05. The van der Waals surface area contributed by atoms with E-state index in [-0.39, 0.29) is 18.7 Å². The molecule has 1 fully saturated rings. The normalized spacial score (nSPS) is 23.8.